The van der Waals surface area contributed by atoms with Gasteiger partial charge in [-0.25, -0.2) is 13.9 Å². The number of carbonyl (C=O) groups is 1. The van der Waals surface area contributed by atoms with Gasteiger partial charge >= 0.3 is 5.97 Å². The lowest BCUT2D eigenvalue weighted by Gasteiger charge is -2.38. The standard InChI is InChI=1S/C11H11FN4O2/c12-6-3-11(4-6,10(17)18)9-14-5-7-1-2-8(13)15-16(7)9/h1-2,5-6H,3-4H2,(H2,13,15)(H,17,18). The molecule has 6 nitrogen and oxygen atoms in total. The molecule has 2 aromatic heterocycles. The number of fused-ring (bicyclic) bond motifs is 1. The molecule has 0 aromatic carbocycles. The number of alkyl halides is 1. The molecule has 1 saturated carbocycles. The van der Waals surface area contributed by atoms with E-state index >= 15 is 0 Å². The predicted octanol–water partition coefficient (Wildman–Crippen LogP) is 0.766. The van der Waals surface area contributed by atoms with Gasteiger partial charge in [0.15, 0.2) is 0 Å². The molecular weight excluding hydrogens is 239 g/mol. The Balaban J connectivity index is 2.19. The quantitative estimate of drug-likeness (QED) is 0.820. The summed E-state index contributed by atoms with van der Waals surface area (Å²) < 4.78 is 14.5. The zero-order chi connectivity index (χ0) is 12.9. The van der Waals surface area contributed by atoms with Crippen LogP contribution in [0.5, 0.6) is 0 Å². The summed E-state index contributed by atoms with van der Waals surface area (Å²) in [5.74, 6) is -0.572. The molecule has 0 spiro atoms. The van der Waals surface area contributed by atoms with Crippen LogP contribution in [-0.2, 0) is 10.2 Å². The number of nitrogen functional groups attached to an aromatic ring is 1. The van der Waals surface area contributed by atoms with Crippen LogP contribution in [0.4, 0.5) is 10.2 Å². The number of imidazole rings is 1. The van der Waals surface area contributed by atoms with Crippen molar-refractivity contribution >= 4 is 17.3 Å². The van der Waals surface area contributed by atoms with E-state index in [2.05, 4.69) is 10.1 Å². The molecule has 94 valence electrons. The second-order valence-corrected chi connectivity index (χ2v) is 4.57. The first kappa shape index (κ1) is 10.9. The number of carboxylic acids is 1. The van der Waals surface area contributed by atoms with Gasteiger partial charge in [0.2, 0.25) is 0 Å². The molecule has 0 atom stereocenters. The van der Waals surface area contributed by atoms with Crippen LogP contribution in [0.2, 0.25) is 0 Å². The average Bonchev–Trinajstić information content (AvgIpc) is 2.67. The van der Waals surface area contributed by atoms with Gasteiger partial charge in [-0.15, -0.1) is 5.10 Å². The first-order valence-corrected chi connectivity index (χ1v) is 5.51. The van der Waals surface area contributed by atoms with E-state index in [1.165, 1.54) is 10.7 Å². The highest BCUT2D eigenvalue weighted by Crippen LogP contribution is 2.45. The van der Waals surface area contributed by atoms with Crippen LogP contribution >= 0.6 is 0 Å². The average molecular weight is 250 g/mol. The van der Waals surface area contributed by atoms with E-state index in [1.54, 1.807) is 12.1 Å². The molecule has 1 fully saturated rings. The Bertz CT molecular complexity index is 633. The van der Waals surface area contributed by atoms with Gasteiger partial charge in [0.25, 0.3) is 0 Å². The summed E-state index contributed by atoms with van der Waals surface area (Å²) >= 11 is 0. The first-order chi connectivity index (χ1) is 8.53. The number of rotatable bonds is 2. The molecule has 1 aliphatic carbocycles. The van der Waals surface area contributed by atoms with E-state index in [0.717, 1.165) is 0 Å². The van der Waals surface area contributed by atoms with Crippen LogP contribution in [0.25, 0.3) is 5.52 Å². The SMILES string of the molecule is Nc1ccc2cnc(C3(C(=O)O)CC(F)C3)n2n1. The van der Waals surface area contributed by atoms with Crippen molar-refractivity contribution in [2.75, 3.05) is 5.73 Å². The number of nitrogens with two attached hydrogens (primary N) is 1. The second-order valence-electron chi connectivity index (χ2n) is 4.57. The van der Waals surface area contributed by atoms with Gasteiger partial charge in [-0.05, 0) is 12.1 Å². The van der Waals surface area contributed by atoms with E-state index in [0.29, 0.717) is 5.52 Å². The number of hydrogen-bond acceptors (Lipinski definition) is 4. The smallest absolute Gasteiger partial charge is 0.317 e. The number of halogens is 1. The molecule has 2 aromatic rings. The molecule has 0 radical (unpaired) electrons. The number of anilines is 1. The first-order valence-electron chi connectivity index (χ1n) is 5.51. The molecule has 0 bridgehead atoms. The number of carboxylic acid groups (broad SMARTS) is 1. The van der Waals surface area contributed by atoms with E-state index in [4.69, 9.17) is 5.73 Å². The minimum absolute atomic E-state index is 0.0715. The maximum Gasteiger partial charge on any atom is 0.317 e. The number of nitrogens with zero attached hydrogens (tertiary/aromatic N) is 3. The Kier molecular flexibility index (Phi) is 2.07. The third-order valence-corrected chi connectivity index (χ3v) is 3.38. The third kappa shape index (κ3) is 1.30. The van der Waals surface area contributed by atoms with Crippen molar-refractivity contribution in [3.05, 3.63) is 24.2 Å². The van der Waals surface area contributed by atoms with Crippen molar-refractivity contribution in [1.29, 1.82) is 0 Å². The van der Waals surface area contributed by atoms with E-state index < -0.39 is 17.6 Å². The summed E-state index contributed by atoms with van der Waals surface area (Å²) in [6.07, 6.45) is 0.267. The lowest BCUT2D eigenvalue weighted by Crippen LogP contribution is -2.50. The molecule has 1 aliphatic rings. The lowest BCUT2D eigenvalue weighted by atomic mass is 9.67. The van der Waals surface area contributed by atoms with Crippen LogP contribution in [-0.4, -0.2) is 31.8 Å². The van der Waals surface area contributed by atoms with Gasteiger partial charge in [0.1, 0.15) is 23.2 Å². The molecule has 0 saturated heterocycles. The monoisotopic (exact) mass is 250 g/mol. The Morgan fingerprint density at radius 3 is 2.89 bits per heavy atom. The van der Waals surface area contributed by atoms with Crippen molar-refractivity contribution in [2.45, 2.75) is 24.4 Å². The summed E-state index contributed by atoms with van der Waals surface area (Å²) in [4.78, 5) is 15.5. The summed E-state index contributed by atoms with van der Waals surface area (Å²) in [7, 11) is 0. The molecular formula is C11H11FN4O2. The largest absolute Gasteiger partial charge is 0.480 e. The Hall–Kier alpha value is -2.18. The number of aliphatic carboxylic acids is 1. The molecule has 2 heterocycles. The fourth-order valence-electron chi connectivity index (χ4n) is 2.37. The third-order valence-electron chi connectivity index (χ3n) is 3.38. The summed E-state index contributed by atoms with van der Waals surface area (Å²) in [5.41, 5.74) is 4.93. The predicted molar refractivity (Wildman–Crippen MR) is 60.8 cm³/mol. The minimum atomic E-state index is -1.29. The summed E-state index contributed by atoms with van der Waals surface area (Å²) in [6, 6.07) is 3.30. The molecule has 18 heavy (non-hydrogen) atoms. The maximum atomic E-state index is 13.1. The fraction of sp³-hybridized carbons (Fsp3) is 0.364. The van der Waals surface area contributed by atoms with Gasteiger partial charge in [0.05, 0.1) is 11.7 Å². The van der Waals surface area contributed by atoms with Crippen molar-refractivity contribution in [3.63, 3.8) is 0 Å². The van der Waals surface area contributed by atoms with Crippen molar-refractivity contribution < 1.29 is 14.3 Å². The topological polar surface area (TPSA) is 93.5 Å². The van der Waals surface area contributed by atoms with Gasteiger partial charge < -0.3 is 10.8 Å². The van der Waals surface area contributed by atoms with Crippen LogP contribution in [0, 0.1) is 0 Å². The highest BCUT2D eigenvalue weighted by atomic mass is 19.1. The molecule has 7 heteroatoms. The highest BCUT2D eigenvalue weighted by molar-refractivity contribution is 5.82. The van der Waals surface area contributed by atoms with Gasteiger partial charge in [0, 0.05) is 12.8 Å². The zero-order valence-electron chi connectivity index (χ0n) is 9.38. The second kappa shape index (κ2) is 3.41. The Morgan fingerprint density at radius 1 is 1.56 bits per heavy atom. The van der Waals surface area contributed by atoms with E-state index in [1.807, 2.05) is 0 Å². The van der Waals surface area contributed by atoms with Crippen LogP contribution in [0.1, 0.15) is 18.7 Å². The van der Waals surface area contributed by atoms with Crippen LogP contribution < -0.4 is 5.73 Å². The Morgan fingerprint density at radius 2 is 2.28 bits per heavy atom. The van der Waals surface area contributed by atoms with Crippen molar-refractivity contribution in [3.8, 4) is 0 Å². The summed E-state index contributed by atoms with van der Waals surface area (Å²) in [6.45, 7) is 0. The van der Waals surface area contributed by atoms with Gasteiger partial charge in [-0.3, -0.25) is 4.79 Å². The van der Waals surface area contributed by atoms with E-state index in [-0.39, 0.29) is 24.5 Å². The van der Waals surface area contributed by atoms with E-state index in [9.17, 15) is 14.3 Å². The summed E-state index contributed by atoms with van der Waals surface area (Å²) in [5, 5.41) is 13.4. The maximum absolute atomic E-state index is 13.1. The van der Waals surface area contributed by atoms with Gasteiger partial charge in [-0.2, -0.15) is 0 Å². The molecule has 0 unspecified atom stereocenters. The highest BCUT2D eigenvalue weighted by Gasteiger charge is 2.55. The van der Waals surface area contributed by atoms with Crippen LogP contribution in [0.15, 0.2) is 18.3 Å². The lowest BCUT2D eigenvalue weighted by molar-refractivity contribution is -0.151. The number of hydrogen-bond donors (Lipinski definition) is 2. The number of aromatic nitrogens is 3. The molecule has 3 rings (SSSR count). The molecule has 0 aliphatic heterocycles. The molecule has 3 N–H and O–H groups in total. The van der Waals surface area contributed by atoms with Gasteiger partial charge in [-0.1, -0.05) is 0 Å². The zero-order valence-corrected chi connectivity index (χ0v) is 9.38. The van der Waals surface area contributed by atoms with Crippen molar-refractivity contribution in [2.24, 2.45) is 0 Å². The fourth-order valence-corrected chi connectivity index (χ4v) is 2.37. The van der Waals surface area contributed by atoms with Crippen LogP contribution in [0.3, 0.4) is 0 Å². The normalized spacial score (nSPS) is 27.1. The van der Waals surface area contributed by atoms with Crippen molar-refractivity contribution in [1.82, 2.24) is 14.6 Å². The minimum Gasteiger partial charge on any atom is -0.480 e. The Labute approximate surface area is 101 Å². The molecule has 0 amide bonds.